The number of aromatic nitrogens is 2. The SMILES string of the molecule is CC[C@@H](C(=O)N1C[C@H](O)C[C@H]1C(=O)N[C@@H](C)c1ccc(-c2scnc2C)cc1)c1cc(C)no1. The van der Waals surface area contributed by atoms with Crippen LogP contribution in [-0.2, 0) is 9.59 Å². The Labute approximate surface area is 203 Å². The van der Waals surface area contributed by atoms with Gasteiger partial charge in [-0.15, -0.1) is 11.3 Å². The van der Waals surface area contributed by atoms with Crippen LogP contribution in [0.15, 0.2) is 40.4 Å². The van der Waals surface area contributed by atoms with E-state index in [0.29, 0.717) is 17.9 Å². The molecule has 0 spiro atoms. The molecular formula is C25H30N4O4S. The van der Waals surface area contributed by atoms with E-state index in [9.17, 15) is 14.7 Å². The van der Waals surface area contributed by atoms with Gasteiger partial charge in [-0.3, -0.25) is 9.59 Å². The minimum absolute atomic E-state index is 0.123. The van der Waals surface area contributed by atoms with Gasteiger partial charge in [0.2, 0.25) is 11.8 Å². The standard InChI is InChI=1S/C25H30N4O4S/c1-5-20(22-10-14(2)28-33-22)25(32)29-12-19(30)11-21(29)24(31)27-15(3)17-6-8-18(9-7-17)23-16(4)26-13-34-23/h6-10,13,15,19-21,30H,5,11-12H2,1-4H3,(H,27,31)/t15-,19+,20+,21-/m0/s1. The van der Waals surface area contributed by atoms with Crippen LogP contribution in [0.4, 0.5) is 0 Å². The first-order valence-electron chi connectivity index (χ1n) is 11.5. The van der Waals surface area contributed by atoms with Crippen LogP contribution in [0.3, 0.4) is 0 Å². The lowest BCUT2D eigenvalue weighted by atomic mass is 10.0. The lowest BCUT2D eigenvalue weighted by Crippen LogP contribution is -2.47. The number of β-amino-alcohol motifs (C(OH)–C–C–N with tert-alkyl or cyclic N) is 1. The van der Waals surface area contributed by atoms with E-state index in [2.05, 4.69) is 15.5 Å². The maximum absolute atomic E-state index is 13.3. The third-order valence-corrected chi connectivity index (χ3v) is 7.32. The van der Waals surface area contributed by atoms with Crippen LogP contribution in [0.2, 0.25) is 0 Å². The van der Waals surface area contributed by atoms with Crippen LogP contribution >= 0.6 is 11.3 Å². The predicted molar refractivity (Wildman–Crippen MR) is 129 cm³/mol. The van der Waals surface area contributed by atoms with Gasteiger partial charge in [0, 0.05) is 19.0 Å². The summed E-state index contributed by atoms with van der Waals surface area (Å²) < 4.78 is 5.32. The molecule has 8 nitrogen and oxygen atoms in total. The molecule has 3 heterocycles. The molecule has 0 bridgehead atoms. The van der Waals surface area contributed by atoms with Crippen molar-refractivity contribution < 1.29 is 19.2 Å². The first-order valence-corrected chi connectivity index (χ1v) is 12.4. The van der Waals surface area contributed by atoms with Crippen molar-refractivity contribution in [3.8, 4) is 10.4 Å². The Morgan fingerprint density at radius 1 is 1.29 bits per heavy atom. The summed E-state index contributed by atoms with van der Waals surface area (Å²) in [5, 5.41) is 17.2. The van der Waals surface area contributed by atoms with Gasteiger partial charge in [0.05, 0.1) is 39.8 Å². The fourth-order valence-corrected chi connectivity index (χ4v) is 5.26. The zero-order valence-corrected chi connectivity index (χ0v) is 20.6. The first kappa shape index (κ1) is 24.1. The van der Waals surface area contributed by atoms with Gasteiger partial charge < -0.3 is 19.8 Å². The van der Waals surface area contributed by atoms with Crippen LogP contribution in [0, 0.1) is 13.8 Å². The van der Waals surface area contributed by atoms with E-state index in [1.54, 1.807) is 24.3 Å². The minimum atomic E-state index is -0.745. The Kier molecular flexibility index (Phi) is 7.13. The number of hydrogen-bond donors (Lipinski definition) is 2. The second-order valence-electron chi connectivity index (χ2n) is 8.85. The van der Waals surface area contributed by atoms with Crippen molar-refractivity contribution in [3.05, 3.63) is 58.6 Å². The number of aliphatic hydroxyl groups is 1. The predicted octanol–water partition coefficient (Wildman–Crippen LogP) is 3.75. The number of carbonyl (C=O) groups excluding carboxylic acids is 2. The number of amides is 2. The molecule has 0 aliphatic carbocycles. The molecule has 9 heteroatoms. The number of benzene rings is 1. The summed E-state index contributed by atoms with van der Waals surface area (Å²) in [5.41, 5.74) is 5.57. The number of aryl methyl sites for hydroxylation is 2. The fourth-order valence-electron chi connectivity index (χ4n) is 4.45. The van der Waals surface area contributed by atoms with Crippen molar-refractivity contribution in [2.45, 2.75) is 64.6 Å². The summed E-state index contributed by atoms with van der Waals surface area (Å²) in [4.78, 5) is 33.4. The summed E-state index contributed by atoms with van der Waals surface area (Å²) in [6.07, 6.45) is -0.0261. The number of rotatable bonds is 7. The molecule has 1 aromatic carbocycles. The van der Waals surface area contributed by atoms with Gasteiger partial charge in [0.1, 0.15) is 11.8 Å². The summed E-state index contributed by atoms with van der Waals surface area (Å²) >= 11 is 1.60. The minimum Gasteiger partial charge on any atom is -0.391 e. The lowest BCUT2D eigenvalue weighted by molar-refractivity contribution is -0.140. The molecule has 1 fully saturated rings. The molecule has 1 aliphatic rings. The Hall–Kier alpha value is -3.04. The number of likely N-dealkylation sites (tertiary alicyclic amines) is 1. The molecule has 0 radical (unpaired) electrons. The summed E-state index contributed by atoms with van der Waals surface area (Å²) in [7, 11) is 0. The monoisotopic (exact) mass is 482 g/mol. The van der Waals surface area contributed by atoms with E-state index in [1.807, 2.05) is 50.5 Å². The summed E-state index contributed by atoms with van der Waals surface area (Å²) in [5.74, 6) is -0.562. The number of nitrogens with one attached hydrogen (secondary N) is 1. The van der Waals surface area contributed by atoms with Gasteiger partial charge in [0.15, 0.2) is 0 Å². The van der Waals surface area contributed by atoms with E-state index in [1.165, 1.54) is 4.90 Å². The normalized spacial score (nSPS) is 19.7. The van der Waals surface area contributed by atoms with Crippen molar-refractivity contribution in [2.75, 3.05) is 6.54 Å². The second kappa shape index (κ2) is 10.1. The van der Waals surface area contributed by atoms with Crippen LogP contribution in [0.1, 0.15) is 61.4 Å². The molecule has 1 saturated heterocycles. The summed E-state index contributed by atoms with van der Waals surface area (Å²) in [6, 6.07) is 8.79. The molecule has 4 atom stereocenters. The van der Waals surface area contributed by atoms with Crippen molar-refractivity contribution in [2.24, 2.45) is 0 Å². The maximum atomic E-state index is 13.3. The number of hydrogen-bond acceptors (Lipinski definition) is 7. The van der Waals surface area contributed by atoms with Crippen LogP contribution < -0.4 is 5.32 Å². The molecule has 0 unspecified atom stereocenters. The topological polar surface area (TPSA) is 109 Å². The van der Waals surface area contributed by atoms with Crippen molar-refractivity contribution in [1.29, 1.82) is 0 Å². The zero-order chi connectivity index (χ0) is 24.4. The van der Waals surface area contributed by atoms with Gasteiger partial charge >= 0.3 is 0 Å². The average Bonchev–Trinajstić information content (AvgIpc) is 3.54. The summed E-state index contributed by atoms with van der Waals surface area (Å²) in [6.45, 7) is 7.71. The molecule has 34 heavy (non-hydrogen) atoms. The average molecular weight is 483 g/mol. The Morgan fingerprint density at radius 3 is 2.62 bits per heavy atom. The van der Waals surface area contributed by atoms with Gasteiger partial charge in [-0.05, 0) is 38.3 Å². The van der Waals surface area contributed by atoms with Crippen molar-refractivity contribution in [3.63, 3.8) is 0 Å². The number of aliphatic hydroxyl groups excluding tert-OH is 1. The third-order valence-electron chi connectivity index (χ3n) is 6.34. The molecule has 0 saturated carbocycles. The second-order valence-corrected chi connectivity index (χ2v) is 9.70. The molecule has 180 valence electrons. The number of nitrogens with zero attached hydrogens (tertiary/aromatic N) is 3. The highest BCUT2D eigenvalue weighted by molar-refractivity contribution is 7.13. The highest BCUT2D eigenvalue weighted by Gasteiger charge is 2.42. The van der Waals surface area contributed by atoms with Gasteiger partial charge in [-0.1, -0.05) is 36.3 Å². The van der Waals surface area contributed by atoms with E-state index in [-0.39, 0.29) is 30.8 Å². The van der Waals surface area contributed by atoms with Gasteiger partial charge in [-0.25, -0.2) is 4.98 Å². The van der Waals surface area contributed by atoms with E-state index < -0.39 is 18.1 Å². The van der Waals surface area contributed by atoms with Crippen molar-refractivity contribution in [1.82, 2.24) is 20.4 Å². The number of thiazole rings is 1. The fraction of sp³-hybridized carbons (Fsp3) is 0.440. The third kappa shape index (κ3) is 4.90. The number of carbonyl (C=O) groups is 2. The van der Waals surface area contributed by atoms with Crippen LogP contribution in [-0.4, -0.2) is 50.7 Å². The zero-order valence-electron chi connectivity index (χ0n) is 19.8. The molecule has 2 N–H and O–H groups in total. The Bertz CT molecular complexity index is 1160. The van der Waals surface area contributed by atoms with E-state index in [0.717, 1.165) is 21.7 Å². The molecule has 1 aliphatic heterocycles. The first-order chi connectivity index (χ1) is 16.3. The van der Waals surface area contributed by atoms with E-state index >= 15 is 0 Å². The molecule has 3 aromatic rings. The maximum Gasteiger partial charge on any atom is 0.243 e. The van der Waals surface area contributed by atoms with Crippen molar-refractivity contribution >= 4 is 23.2 Å². The van der Waals surface area contributed by atoms with E-state index in [4.69, 9.17) is 4.52 Å². The molecule has 2 amide bonds. The quantitative estimate of drug-likeness (QED) is 0.531. The highest BCUT2D eigenvalue weighted by atomic mass is 32.1. The lowest BCUT2D eigenvalue weighted by Gasteiger charge is -2.28. The van der Waals surface area contributed by atoms with Crippen LogP contribution in [0.25, 0.3) is 10.4 Å². The highest BCUT2D eigenvalue weighted by Crippen LogP contribution is 2.30. The van der Waals surface area contributed by atoms with Gasteiger partial charge in [-0.2, -0.15) is 0 Å². The largest absolute Gasteiger partial charge is 0.391 e. The van der Waals surface area contributed by atoms with Gasteiger partial charge in [0.25, 0.3) is 0 Å². The Balaban J connectivity index is 1.45. The molecular weight excluding hydrogens is 452 g/mol. The van der Waals surface area contributed by atoms with Crippen LogP contribution in [0.5, 0.6) is 0 Å². The molecule has 4 rings (SSSR count). The molecule has 2 aromatic heterocycles. The smallest absolute Gasteiger partial charge is 0.243 e. The Morgan fingerprint density at radius 2 is 2.03 bits per heavy atom.